The first-order chi connectivity index (χ1) is 23.8. The molecule has 2 aromatic carbocycles. The summed E-state index contributed by atoms with van der Waals surface area (Å²) in [7, 11) is 0. The summed E-state index contributed by atoms with van der Waals surface area (Å²) in [5.41, 5.74) is 16.9. The van der Waals surface area contributed by atoms with E-state index in [9.17, 15) is 14.0 Å². The molecule has 0 bridgehead atoms. The van der Waals surface area contributed by atoms with Crippen LogP contribution in [0.4, 0.5) is 4.39 Å². The van der Waals surface area contributed by atoms with E-state index in [1.807, 2.05) is 68.1 Å². The van der Waals surface area contributed by atoms with E-state index in [2.05, 4.69) is 57.3 Å². The largest absolute Gasteiger partial charge is 0.372 e. The monoisotopic (exact) mass is 710 g/mol. The van der Waals surface area contributed by atoms with Crippen LogP contribution in [0.3, 0.4) is 0 Å². The van der Waals surface area contributed by atoms with Crippen LogP contribution in [0.15, 0.2) is 100 Å². The molecule has 4 N–H and O–H groups in total. The van der Waals surface area contributed by atoms with Crippen LogP contribution in [0.5, 0.6) is 0 Å². The molecule has 0 aromatic heterocycles. The summed E-state index contributed by atoms with van der Waals surface area (Å²) < 4.78 is 12.9. The molecule has 2 aromatic rings. The van der Waals surface area contributed by atoms with Crippen molar-refractivity contribution in [3.8, 4) is 0 Å². The maximum Gasteiger partial charge on any atom is 0.222 e. The highest BCUT2D eigenvalue weighted by atomic mass is 35.5. The molecule has 0 saturated carbocycles. The topological polar surface area (TPSA) is 102 Å². The molecule has 1 fully saturated rings. The van der Waals surface area contributed by atoms with Gasteiger partial charge in [-0.2, -0.15) is 0 Å². The first-order valence-corrected chi connectivity index (χ1v) is 18.1. The fraction of sp³-hybridized carbons (Fsp3) is 0.452. The van der Waals surface area contributed by atoms with Gasteiger partial charge in [0.25, 0.3) is 0 Å². The summed E-state index contributed by atoms with van der Waals surface area (Å²) in [5, 5.41) is 0.926. The van der Waals surface area contributed by atoms with E-state index in [0.29, 0.717) is 25.1 Å². The van der Waals surface area contributed by atoms with Gasteiger partial charge >= 0.3 is 0 Å². The van der Waals surface area contributed by atoms with Gasteiger partial charge in [0, 0.05) is 30.2 Å². The van der Waals surface area contributed by atoms with Crippen LogP contribution in [0.1, 0.15) is 111 Å². The molecule has 8 heteroatoms. The highest BCUT2D eigenvalue weighted by Crippen LogP contribution is 2.33. The van der Waals surface area contributed by atoms with Gasteiger partial charge < -0.3 is 16.4 Å². The Labute approximate surface area is 308 Å². The van der Waals surface area contributed by atoms with E-state index in [4.69, 9.17) is 23.1 Å². The van der Waals surface area contributed by atoms with Gasteiger partial charge in [-0.15, -0.1) is 6.58 Å². The zero-order chi connectivity index (χ0) is 38.5. The van der Waals surface area contributed by atoms with Gasteiger partial charge in [-0.1, -0.05) is 118 Å². The number of hydrogen-bond acceptors (Lipinski definition) is 4. The molecule has 6 nitrogen and oxygen atoms in total. The van der Waals surface area contributed by atoms with Crippen LogP contribution in [0.2, 0.25) is 0 Å². The average molecular weight is 711 g/mol. The molecule has 50 heavy (non-hydrogen) atoms. The Morgan fingerprint density at radius 3 is 2.06 bits per heavy atom. The normalized spacial score (nSPS) is 15.0. The summed E-state index contributed by atoms with van der Waals surface area (Å²) >= 11 is 6.30. The van der Waals surface area contributed by atoms with Crippen LogP contribution >= 0.6 is 11.6 Å². The van der Waals surface area contributed by atoms with Crippen molar-refractivity contribution >= 4 is 35.7 Å². The lowest BCUT2D eigenvalue weighted by Gasteiger charge is -2.33. The van der Waals surface area contributed by atoms with Gasteiger partial charge in [-0.3, -0.25) is 14.6 Å². The Morgan fingerprint density at radius 2 is 1.58 bits per heavy atom. The smallest absolute Gasteiger partial charge is 0.222 e. The minimum Gasteiger partial charge on any atom is -0.372 e. The van der Waals surface area contributed by atoms with Gasteiger partial charge in [0.15, 0.2) is 0 Å². The maximum atomic E-state index is 12.9. The van der Waals surface area contributed by atoms with Crippen molar-refractivity contribution < 1.29 is 14.0 Å². The number of carbonyl (C=O) groups excluding carboxylic acids is 2. The SMILES string of the molecule is C/C(F)=C(\C)N1CCCC(C(N)=O)C1.C=CC.C=NCc1ccccc1.CC.CC1=CC(c2ccc(CCC(N)=O)cc2)=C(Cl)CC1.CCC. The number of primary amides is 2. The number of piperidine rings is 1. The summed E-state index contributed by atoms with van der Waals surface area (Å²) in [6, 6.07) is 18.3. The van der Waals surface area contributed by atoms with Crippen LogP contribution in [0.25, 0.3) is 5.57 Å². The number of allylic oxidation sites excluding steroid dienone is 7. The van der Waals surface area contributed by atoms with Crippen molar-refractivity contribution in [2.75, 3.05) is 13.1 Å². The van der Waals surface area contributed by atoms with Crippen LogP contribution < -0.4 is 11.5 Å². The predicted octanol–water partition coefficient (Wildman–Crippen LogP) is 10.7. The maximum absolute atomic E-state index is 12.9. The van der Waals surface area contributed by atoms with Gasteiger partial charge in [-0.25, -0.2) is 4.39 Å². The Hall–Kier alpha value is -3.97. The number of hydrogen-bond donors (Lipinski definition) is 2. The highest BCUT2D eigenvalue weighted by Gasteiger charge is 2.24. The minimum atomic E-state index is -0.279. The van der Waals surface area contributed by atoms with Gasteiger partial charge in [0.1, 0.15) is 5.83 Å². The van der Waals surface area contributed by atoms with Crippen molar-refractivity contribution in [1.82, 2.24) is 4.90 Å². The van der Waals surface area contributed by atoms with Crippen molar-refractivity contribution in [2.24, 2.45) is 22.4 Å². The Kier molecular flexibility index (Phi) is 28.8. The first-order valence-electron chi connectivity index (χ1n) is 17.7. The van der Waals surface area contributed by atoms with E-state index in [-0.39, 0.29) is 23.6 Å². The third-order valence-electron chi connectivity index (χ3n) is 7.28. The number of carbonyl (C=O) groups is 2. The molecule has 1 atom stereocenters. The average Bonchev–Trinajstić information content (AvgIpc) is 3.11. The molecular weight excluding hydrogens is 647 g/mol. The lowest BCUT2D eigenvalue weighted by Crippen LogP contribution is -2.40. The molecule has 4 rings (SSSR count). The molecule has 2 aliphatic rings. The first kappa shape index (κ1) is 48.1. The zero-order valence-electron chi connectivity index (χ0n) is 32.0. The zero-order valence-corrected chi connectivity index (χ0v) is 32.8. The third kappa shape index (κ3) is 21.9. The number of halogens is 2. The molecule has 1 aliphatic heterocycles. The van der Waals surface area contributed by atoms with Crippen molar-refractivity contribution in [2.45, 2.75) is 107 Å². The van der Waals surface area contributed by atoms with Crippen LogP contribution in [-0.4, -0.2) is 36.5 Å². The lowest BCUT2D eigenvalue weighted by molar-refractivity contribution is -0.123. The van der Waals surface area contributed by atoms with Gasteiger partial charge in [-0.05, 0) is 88.8 Å². The van der Waals surface area contributed by atoms with Crippen LogP contribution in [0, 0.1) is 5.92 Å². The second kappa shape index (κ2) is 29.9. The number of aliphatic imine (C=N–C) groups is 1. The molecule has 1 unspecified atom stereocenters. The number of amides is 2. The van der Waals surface area contributed by atoms with Gasteiger partial charge in [0.2, 0.25) is 11.8 Å². The Morgan fingerprint density at radius 1 is 1.02 bits per heavy atom. The summed E-state index contributed by atoms with van der Waals surface area (Å²) in [6.45, 7) is 24.3. The number of rotatable bonds is 8. The molecule has 278 valence electrons. The van der Waals surface area contributed by atoms with E-state index < -0.39 is 0 Å². The fourth-order valence-corrected chi connectivity index (χ4v) is 4.90. The number of nitrogens with two attached hydrogens (primary N) is 2. The summed E-state index contributed by atoms with van der Waals surface area (Å²) in [6.07, 6.45) is 9.92. The van der Waals surface area contributed by atoms with Gasteiger partial charge in [0.05, 0.1) is 12.5 Å². The Balaban J connectivity index is 0. The van der Waals surface area contributed by atoms with Crippen LogP contribution in [-0.2, 0) is 22.6 Å². The lowest BCUT2D eigenvalue weighted by atomic mass is 9.94. The molecule has 0 radical (unpaired) electrons. The third-order valence-corrected chi connectivity index (χ3v) is 7.67. The fourth-order valence-electron chi connectivity index (χ4n) is 4.64. The second-order valence-electron chi connectivity index (χ2n) is 11.8. The van der Waals surface area contributed by atoms with Crippen molar-refractivity contribution in [3.05, 3.63) is 112 Å². The molecule has 1 saturated heterocycles. The van der Waals surface area contributed by atoms with E-state index in [0.717, 1.165) is 60.5 Å². The number of nitrogens with zero attached hydrogens (tertiary/aromatic N) is 2. The van der Waals surface area contributed by atoms with E-state index >= 15 is 0 Å². The highest BCUT2D eigenvalue weighted by molar-refractivity contribution is 6.33. The molecule has 1 aliphatic carbocycles. The second-order valence-corrected chi connectivity index (χ2v) is 12.2. The minimum absolute atomic E-state index is 0.127. The van der Waals surface area contributed by atoms with E-state index in [1.165, 1.54) is 24.5 Å². The van der Waals surface area contributed by atoms with Crippen molar-refractivity contribution in [3.63, 3.8) is 0 Å². The number of likely N-dealkylation sites (tertiary alicyclic amines) is 1. The molecule has 1 heterocycles. The Bertz CT molecular complexity index is 1350. The molecular formula is C42H64ClFN4O2. The number of benzene rings is 2. The predicted molar refractivity (Wildman–Crippen MR) is 216 cm³/mol. The quantitative estimate of drug-likeness (QED) is 0.210. The molecule has 0 spiro atoms. The molecule has 2 amide bonds. The standard InChI is InChI=1S/C16H18ClNO.C10H17FN2O.C8H9N.C3H8.C3H6.C2H6/c1-11-2-8-15(17)14(10-11)13-6-3-12(4-7-13)5-9-16(18)19;1-7(11)8(2)13-5-3-4-9(6-13)10(12)14;1-9-7-8-5-3-2-4-6-8;2*1-3-2;1-2/h3-4,6-7,10H,2,5,8-9H2,1H3,(H2,18,19);9H,3-6H2,1-2H3,(H2,12,14);2-6H,1,7H2;3H2,1-2H3;3H,1H2,2H3;1-2H3/b;8-7-;;;;. The number of aryl methyl sites for hydroxylation is 1. The summed E-state index contributed by atoms with van der Waals surface area (Å²) in [5.74, 6) is -0.854. The van der Waals surface area contributed by atoms with E-state index in [1.54, 1.807) is 13.0 Å². The summed E-state index contributed by atoms with van der Waals surface area (Å²) in [4.78, 5) is 27.4. The van der Waals surface area contributed by atoms with Crippen molar-refractivity contribution in [1.29, 1.82) is 0 Å².